The van der Waals surface area contributed by atoms with Crippen molar-refractivity contribution < 1.29 is 5.11 Å². The molecule has 1 saturated carbocycles. The van der Waals surface area contributed by atoms with Gasteiger partial charge in [-0.25, -0.2) is 0 Å². The van der Waals surface area contributed by atoms with E-state index in [0.29, 0.717) is 11.3 Å². The number of benzene rings is 1. The Bertz CT molecular complexity index is 406. The van der Waals surface area contributed by atoms with Gasteiger partial charge in [0.2, 0.25) is 0 Å². The van der Waals surface area contributed by atoms with E-state index in [9.17, 15) is 5.11 Å². The van der Waals surface area contributed by atoms with E-state index in [-0.39, 0.29) is 6.10 Å². The number of aryl methyl sites for hydroxylation is 2. The van der Waals surface area contributed by atoms with Crippen LogP contribution in [-0.2, 0) is 12.8 Å². The van der Waals surface area contributed by atoms with Crippen molar-refractivity contribution in [3.8, 4) is 0 Å². The van der Waals surface area contributed by atoms with Crippen LogP contribution in [0, 0.1) is 11.3 Å². The number of aliphatic hydroxyl groups excluding tert-OH is 1. The first-order chi connectivity index (χ1) is 7.99. The highest BCUT2D eigenvalue weighted by molar-refractivity contribution is 5.34. The fourth-order valence-electron chi connectivity index (χ4n) is 2.78. The van der Waals surface area contributed by atoms with Gasteiger partial charge in [0, 0.05) is 0 Å². The maximum atomic E-state index is 10.4. The van der Waals surface area contributed by atoms with Crippen molar-refractivity contribution in [2.75, 3.05) is 0 Å². The molecule has 2 rings (SSSR count). The summed E-state index contributed by atoms with van der Waals surface area (Å²) in [5.41, 5.74) is 4.24. The number of rotatable bonds is 4. The number of hydrogen-bond donors (Lipinski definition) is 1. The van der Waals surface area contributed by atoms with Gasteiger partial charge in [-0.15, -0.1) is 0 Å². The van der Waals surface area contributed by atoms with E-state index in [4.69, 9.17) is 0 Å². The van der Waals surface area contributed by atoms with Crippen molar-refractivity contribution >= 4 is 0 Å². The molecule has 1 aromatic rings. The molecule has 94 valence electrons. The maximum Gasteiger partial charge on any atom is 0.0823 e. The Kier molecular flexibility index (Phi) is 3.31. The molecule has 2 unspecified atom stereocenters. The highest BCUT2D eigenvalue weighted by atomic mass is 16.3. The summed E-state index contributed by atoms with van der Waals surface area (Å²) in [4.78, 5) is 0. The van der Waals surface area contributed by atoms with Crippen LogP contribution < -0.4 is 0 Å². The molecule has 0 radical (unpaired) electrons. The molecule has 1 aliphatic carbocycles. The van der Waals surface area contributed by atoms with Crippen molar-refractivity contribution in [1.29, 1.82) is 0 Å². The molecule has 0 bridgehead atoms. The third kappa shape index (κ3) is 2.40. The van der Waals surface area contributed by atoms with Crippen molar-refractivity contribution in [1.82, 2.24) is 0 Å². The Morgan fingerprint density at radius 3 is 2.29 bits per heavy atom. The monoisotopic (exact) mass is 232 g/mol. The van der Waals surface area contributed by atoms with Gasteiger partial charge in [-0.2, -0.15) is 0 Å². The second kappa shape index (κ2) is 4.45. The van der Waals surface area contributed by atoms with Gasteiger partial charge in [-0.1, -0.05) is 45.9 Å². The SMILES string of the molecule is CCc1ccc(C(O)C2CC2(C)C)cc1CC. The van der Waals surface area contributed by atoms with Crippen molar-refractivity contribution in [3.05, 3.63) is 34.9 Å². The minimum atomic E-state index is -0.277. The Labute approximate surface area is 105 Å². The predicted molar refractivity (Wildman–Crippen MR) is 72.0 cm³/mol. The Morgan fingerprint density at radius 2 is 1.82 bits per heavy atom. The largest absolute Gasteiger partial charge is 0.388 e. The van der Waals surface area contributed by atoms with Gasteiger partial charge in [0.1, 0.15) is 0 Å². The van der Waals surface area contributed by atoms with E-state index in [1.165, 1.54) is 11.1 Å². The minimum absolute atomic E-state index is 0.277. The zero-order chi connectivity index (χ0) is 12.6. The van der Waals surface area contributed by atoms with E-state index < -0.39 is 0 Å². The fourth-order valence-corrected chi connectivity index (χ4v) is 2.78. The van der Waals surface area contributed by atoms with Crippen LogP contribution in [0.25, 0.3) is 0 Å². The molecule has 1 aliphatic rings. The summed E-state index contributed by atoms with van der Waals surface area (Å²) in [5, 5.41) is 10.4. The van der Waals surface area contributed by atoms with Gasteiger partial charge < -0.3 is 5.11 Å². The molecule has 2 atom stereocenters. The van der Waals surface area contributed by atoms with Gasteiger partial charge in [-0.05, 0) is 47.3 Å². The fraction of sp³-hybridized carbons (Fsp3) is 0.625. The zero-order valence-corrected chi connectivity index (χ0v) is 11.5. The van der Waals surface area contributed by atoms with Crippen molar-refractivity contribution in [3.63, 3.8) is 0 Å². The lowest BCUT2D eigenvalue weighted by Crippen LogP contribution is -2.06. The van der Waals surface area contributed by atoms with Crippen LogP contribution in [0.4, 0.5) is 0 Å². The molecule has 0 saturated heterocycles. The van der Waals surface area contributed by atoms with E-state index in [1.54, 1.807) is 0 Å². The second-order valence-electron chi connectivity index (χ2n) is 5.98. The van der Waals surface area contributed by atoms with E-state index in [0.717, 1.165) is 24.8 Å². The molecule has 17 heavy (non-hydrogen) atoms. The first-order valence-corrected chi connectivity index (χ1v) is 6.79. The molecule has 1 fully saturated rings. The summed E-state index contributed by atoms with van der Waals surface area (Å²) in [6, 6.07) is 6.50. The predicted octanol–water partition coefficient (Wildman–Crippen LogP) is 3.89. The van der Waals surface area contributed by atoms with Crippen LogP contribution >= 0.6 is 0 Å². The smallest absolute Gasteiger partial charge is 0.0823 e. The van der Waals surface area contributed by atoms with E-state index in [2.05, 4.69) is 45.9 Å². The first-order valence-electron chi connectivity index (χ1n) is 6.79. The zero-order valence-electron chi connectivity index (χ0n) is 11.5. The lowest BCUT2D eigenvalue weighted by molar-refractivity contribution is 0.138. The van der Waals surface area contributed by atoms with Gasteiger partial charge in [0.15, 0.2) is 0 Å². The molecule has 0 aliphatic heterocycles. The molecule has 1 nitrogen and oxygen atoms in total. The number of aliphatic hydroxyl groups is 1. The van der Waals surface area contributed by atoms with E-state index >= 15 is 0 Å². The summed E-state index contributed by atoms with van der Waals surface area (Å²) in [6.07, 6.45) is 3.00. The topological polar surface area (TPSA) is 20.2 Å². The Hall–Kier alpha value is -0.820. The molecule has 1 heteroatoms. The van der Waals surface area contributed by atoms with Crippen LogP contribution in [0.1, 0.15) is 56.9 Å². The summed E-state index contributed by atoms with van der Waals surface area (Å²) in [7, 11) is 0. The molecule has 0 amide bonds. The molecular weight excluding hydrogens is 208 g/mol. The second-order valence-corrected chi connectivity index (χ2v) is 5.98. The lowest BCUT2D eigenvalue weighted by Gasteiger charge is -2.15. The van der Waals surface area contributed by atoms with Gasteiger partial charge >= 0.3 is 0 Å². The average molecular weight is 232 g/mol. The third-order valence-electron chi connectivity index (χ3n) is 4.30. The molecule has 0 heterocycles. The van der Waals surface area contributed by atoms with Crippen LogP contribution in [0.3, 0.4) is 0 Å². The molecular formula is C16H24O. The van der Waals surface area contributed by atoms with E-state index in [1.807, 2.05) is 0 Å². The standard InChI is InChI=1S/C16H24O/c1-5-11-7-8-13(9-12(11)6-2)15(17)14-10-16(14,3)4/h7-9,14-15,17H,5-6,10H2,1-4H3. The van der Waals surface area contributed by atoms with Crippen LogP contribution in [0.15, 0.2) is 18.2 Å². The summed E-state index contributed by atoms with van der Waals surface area (Å²) < 4.78 is 0. The summed E-state index contributed by atoms with van der Waals surface area (Å²) in [6.45, 7) is 8.85. The molecule has 0 spiro atoms. The van der Waals surface area contributed by atoms with Gasteiger partial charge in [0.25, 0.3) is 0 Å². The highest BCUT2D eigenvalue weighted by Crippen LogP contribution is 2.57. The lowest BCUT2D eigenvalue weighted by atomic mass is 9.94. The molecule has 1 aromatic carbocycles. The highest BCUT2D eigenvalue weighted by Gasteiger charge is 2.50. The maximum absolute atomic E-state index is 10.4. The van der Waals surface area contributed by atoms with Crippen LogP contribution in [0.5, 0.6) is 0 Å². The van der Waals surface area contributed by atoms with Gasteiger partial charge in [0.05, 0.1) is 6.10 Å². The Morgan fingerprint density at radius 1 is 1.24 bits per heavy atom. The third-order valence-corrected chi connectivity index (χ3v) is 4.30. The quantitative estimate of drug-likeness (QED) is 0.835. The summed E-state index contributed by atoms with van der Waals surface area (Å²) in [5.74, 6) is 0.444. The van der Waals surface area contributed by atoms with Crippen molar-refractivity contribution in [2.24, 2.45) is 11.3 Å². The number of hydrogen-bond acceptors (Lipinski definition) is 1. The first kappa shape index (κ1) is 12.6. The minimum Gasteiger partial charge on any atom is -0.388 e. The Balaban J connectivity index is 2.22. The van der Waals surface area contributed by atoms with Crippen LogP contribution in [0.2, 0.25) is 0 Å². The molecule has 0 aromatic heterocycles. The average Bonchev–Trinajstić information content (AvgIpc) is 2.96. The summed E-state index contributed by atoms with van der Waals surface area (Å²) >= 11 is 0. The van der Waals surface area contributed by atoms with Crippen LogP contribution in [-0.4, -0.2) is 5.11 Å². The van der Waals surface area contributed by atoms with Gasteiger partial charge in [-0.3, -0.25) is 0 Å². The normalized spacial score (nSPS) is 23.5. The van der Waals surface area contributed by atoms with Crippen molar-refractivity contribution in [2.45, 2.75) is 53.1 Å². The molecule has 1 N–H and O–H groups in total.